The average molecular weight is 376 g/mol. The van der Waals surface area contributed by atoms with E-state index in [0.717, 1.165) is 9.22 Å². The first-order valence-corrected chi connectivity index (χ1v) is 6.67. The third-order valence-corrected chi connectivity index (χ3v) is 3.70. The van der Waals surface area contributed by atoms with Crippen molar-refractivity contribution in [3.05, 3.63) is 33.1 Å². The molecule has 4 N–H and O–H groups in total. The molecule has 3 rings (SSSR count). The molecule has 0 saturated carbocycles. The van der Waals surface area contributed by atoms with E-state index in [2.05, 4.69) is 52.8 Å². The lowest BCUT2D eigenvalue weighted by molar-refractivity contribution is -0.347. The van der Waals surface area contributed by atoms with E-state index in [1.54, 1.807) is 6.33 Å². The van der Waals surface area contributed by atoms with Crippen LogP contribution >= 0.6 is 34.2 Å². The number of aromatic nitrogens is 5. The third-order valence-electron chi connectivity index (χ3n) is 2.53. The minimum atomic E-state index is 0.213. The molecule has 0 bridgehead atoms. The van der Waals surface area contributed by atoms with Crippen LogP contribution in [0, 0.1) is 3.70 Å². The van der Waals surface area contributed by atoms with Crippen molar-refractivity contribution in [1.82, 2.24) is 19.9 Å². The Balaban J connectivity index is 1.90. The number of imidazole rings is 1. The van der Waals surface area contributed by atoms with Crippen LogP contribution in [0.5, 0.6) is 0 Å². The highest BCUT2D eigenvalue weighted by atomic mass is 127. The van der Waals surface area contributed by atoms with Crippen molar-refractivity contribution in [3.63, 3.8) is 0 Å². The van der Waals surface area contributed by atoms with E-state index >= 15 is 0 Å². The Kier molecular flexibility index (Phi) is 3.08. The van der Waals surface area contributed by atoms with E-state index in [0.29, 0.717) is 18.0 Å². The summed E-state index contributed by atoms with van der Waals surface area (Å²) in [6, 6.07) is 2.02. The van der Waals surface area contributed by atoms with Gasteiger partial charge in [0.25, 0.3) is 0 Å². The molecule has 0 aliphatic heterocycles. The van der Waals surface area contributed by atoms with Crippen LogP contribution in [0.4, 0.5) is 5.82 Å². The van der Waals surface area contributed by atoms with Gasteiger partial charge in [-0.3, -0.25) is 4.98 Å². The topological polar surface area (TPSA) is 83.5 Å². The zero-order valence-corrected chi connectivity index (χ0v) is 12.0. The van der Waals surface area contributed by atoms with Crippen molar-refractivity contribution in [2.45, 2.75) is 6.54 Å². The van der Waals surface area contributed by atoms with Gasteiger partial charge < -0.3 is 10.3 Å². The molecule has 0 aromatic carbocycles. The Morgan fingerprint density at radius 2 is 2.28 bits per heavy atom. The number of nitrogens with zero attached hydrogens (tertiary/aromatic N) is 2. The summed E-state index contributed by atoms with van der Waals surface area (Å²) in [5, 5.41) is 3.46. The zero-order valence-electron chi connectivity index (χ0n) is 9.09. The first-order chi connectivity index (χ1) is 8.74. The quantitative estimate of drug-likeness (QED) is 0.483. The zero-order chi connectivity index (χ0) is 12.5. The summed E-state index contributed by atoms with van der Waals surface area (Å²) in [6.45, 7) is 0.670. The summed E-state index contributed by atoms with van der Waals surface area (Å²) < 4.78 is 1.11. The number of aromatic amines is 3. The van der Waals surface area contributed by atoms with E-state index in [1.807, 2.05) is 12.3 Å². The Labute approximate surface area is 121 Å². The summed E-state index contributed by atoms with van der Waals surface area (Å²) in [5.74, 6) is 0.684. The normalized spacial score (nSPS) is 11.0. The van der Waals surface area contributed by atoms with Gasteiger partial charge in [0, 0.05) is 18.3 Å². The summed E-state index contributed by atoms with van der Waals surface area (Å²) in [7, 11) is 0. The second-order valence-electron chi connectivity index (χ2n) is 3.67. The van der Waals surface area contributed by atoms with Crippen molar-refractivity contribution in [2.75, 3.05) is 5.32 Å². The van der Waals surface area contributed by atoms with Crippen LogP contribution in [0.1, 0.15) is 5.56 Å². The molecule has 0 amide bonds. The van der Waals surface area contributed by atoms with Crippen LogP contribution < -0.4 is 10.3 Å². The molecule has 92 valence electrons. The lowest BCUT2D eigenvalue weighted by atomic mass is 10.3. The number of fused-ring (bicyclic) bond motifs is 1. The minimum Gasteiger partial charge on any atom is -0.363 e. The van der Waals surface area contributed by atoms with Gasteiger partial charge in [0.2, 0.25) is 5.52 Å². The molecular weight excluding hydrogens is 367 g/mol. The minimum absolute atomic E-state index is 0.213. The molecule has 0 unspecified atom stereocenters. The molecule has 0 aliphatic rings. The second-order valence-corrected chi connectivity index (χ2v) is 5.09. The van der Waals surface area contributed by atoms with Gasteiger partial charge in [-0.2, -0.15) is 4.98 Å². The summed E-state index contributed by atoms with van der Waals surface area (Å²) in [4.78, 5) is 17.4. The van der Waals surface area contributed by atoms with Crippen LogP contribution in [0.25, 0.3) is 11.2 Å². The van der Waals surface area contributed by atoms with Gasteiger partial charge >= 0.3 is 10.9 Å². The lowest BCUT2D eigenvalue weighted by Gasteiger charge is -2.03. The Hall–Kier alpha value is -1.35. The number of rotatable bonds is 3. The fraction of sp³-hybridized carbons (Fsp3) is 0.100. The van der Waals surface area contributed by atoms with E-state index in [1.165, 1.54) is 5.56 Å². The molecular formula is C10H9ClIN6+. The number of anilines is 1. The van der Waals surface area contributed by atoms with Crippen LogP contribution in [-0.2, 0) is 6.54 Å². The third kappa shape index (κ3) is 2.15. The molecule has 0 radical (unpaired) electrons. The van der Waals surface area contributed by atoms with Crippen LogP contribution in [0.15, 0.2) is 18.6 Å². The van der Waals surface area contributed by atoms with Crippen molar-refractivity contribution < 1.29 is 4.98 Å². The van der Waals surface area contributed by atoms with Gasteiger partial charge in [-0.1, -0.05) is 4.98 Å². The summed E-state index contributed by atoms with van der Waals surface area (Å²) >= 11 is 8.12. The highest BCUT2D eigenvalue weighted by Crippen LogP contribution is 2.18. The van der Waals surface area contributed by atoms with Crippen molar-refractivity contribution in [3.8, 4) is 0 Å². The number of nitrogens with one attached hydrogen (secondary N) is 4. The van der Waals surface area contributed by atoms with Crippen LogP contribution in [0.3, 0.4) is 0 Å². The number of halogens is 2. The van der Waals surface area contributed by atoms with Crippen molar-refractivity contribution >= 4 is 51.2 Å². The Bertz CT molecular complexity index is 691. The molecule has 18 heavy (non-hydrogen) atoms. The Morgan fingerprint density at radius 1 is 1.39 bits per heavy atom. The fourth-order valence-electron chi connectivity index (χ4n) is 1.68. The molecule has 0 saturated heterocycles. The fourth-order valence-corrected chi connectivity index (χ4v) is 2.40. The molecule has 8 heteroatoms. The van der Waals surface area contributed by atoms with Gasteiger partial charge in [-0.25, -0.2) is 4.98 Å². The lowest BCUT2D eigenvalue weighted by Crippen LogP contribution is -2.05. The maximum Gasteiger partial charge on any atom is 0.306 e. The average Bonchev–Trinajstić information content (AvgIpc) is 2.94. The molecule has 0 atom stereocenters. The van der Waals surface area contributed by atoms with Gasteiger partial charge in [0.1, 0.15) is 0 Å². The molecule has 3 aromatic rings. The SMILES string of the molecule is Clc1nc(NCc2cc[nH]c2I)c2[nH]c[nH+]c2n1. The van der Waals surface area contributed by atoms with E-state index in [4.69, 9.17) is 11.6 Å². The van der Waals surface area contributed by atoms with Gasteiger partial charge in [0.05, 0.1) is 3.70 Å². The number of hydrogen-bond acceptors (Lipinski definition) is 3. The van der Waals surface area contributed by atoms with E-state index in [-0.39, 0.29) is 5.28 Å². The molecule has 6 nitrogen and oxygen atoms in total. The molecule has 0 aliphatic carbocycles. The predicted molar refractivity (Wildman–Crippen MR) is 76.3 cm³/mol. The molecule has 0 spiro atoms. The maximum atomic E-state index is 5.87. The summed E-state index contributed by atoms with van der Waals surface area (Å²) in [6.07, 6.45) is 3.60. The maximum absolute atomic E-state index is 5.87. The van der Waals surface area contributed by atoms with Crippen molar-refractivity contribution in [1.29, 1.82) is 0 Å². The van der Waals surface area contributed by atoms with Gasteiger partial charge in [-0.15, -0.1) is 0 Å². The highest BCUT2D eigenvalue weighted by molar-refractivity contribution is 14.1. The standard InChI is InChI=1S/C10H8ClIN6/c11-10-17-8(6-9(18-10)16-4-15-6)14-3-5-1-2-13-7(5)12/h1-2,4,13H,3H2,(H2,14,15,16,17,18)/p+1. The smallest absolute Gasteiger partial charge is 0.306 e. The van der Waals surface area contributed by atoms with Gasteiger partial charge in [0.15, 0.2) is 12.1 Å². The van der Waals surface area contributed by atoms with E-state index in [9.17, 15) is 0 Å². The molecule has 3 heterocycles. The van der Waals surface area contributed by atoms with Crippen LogP contribution in [0.2, 0.25) is 5.28 Å². The van der Waals surface area contributed by atoms with Crippen molar-refractivity contribution in [2.24, 2.45) is 0 Å². The largest absolute Gasteiger partial charge is 0.363 e. The van der Waals surface area contributed by atoms with Gasteiger partial charge in [-0.05, 0) is 40.3 Å². The predicted octanol–water partition coefficient (Wildman–Crippen LogP) is 1.97. The highest BCUT2D eigenvalue weighted by Gasteiger charge is 2.14. The first kappa shape index (κ1) is 11.7. The first-order valence-electron chi connectivity index (χ1n) is 5.22. The number of hydrogen-bond donors (Lipinski definition) is 3. The summed E-state index contributed by atoms with van der Waals surface area (Å²) in [5.41, 5.74) is 2.67. The van der Waals surface area contributed by atoms with Crippen LogP contribution in [-0.4, -0.2) is 19.9 Å². The second kappa shape index (κ2) is 4.73. The van der Waals surface area contributed by atoms with E-state index < -0.39 is 0 Å². The monoisotopic (exact) mass is 375 g/mol. The Morgan fingerprint density at radius 3 is 3.06 bits per heavy atom. The number of H-pyrrole nitrogens is 3. The molecule has 0 fully saturated rings. The molecule has 3 aromatic heterocycles.